The molecule has 2 heterocycles. The van der Waals surface area contributed by atoms with Gasteiger partial charge in [0.2, 0.25) is 0 Å². The minimum atomic E-state index is 0.475. The number of anilines is 1. The third-order valence-electron chi connectivity index (χ3n) is 4.52. The summed E-state index contributed by atoms with van der Waals surface area (Å²) >= 11 is 6.30. The molecule has 1 aliphatic rings. The van der Waals surface area contributed by atoms with Gasteiger partial charge in [-0.05, 0) is 48.9 Å². The molecule has 0 radical (unpaired) electrons. The van der Waals surface area contributed by atoms with Gasteiger partial charge in [0.15, 0.2) is 5.65 Å². The second-order valence-corrected chi connectivity index (χ2v) is 6.72. The van der Waals surface area contributed by atoms with Crippen LogP contribution < -0.4 is 10.1 Å². The number of hydrogen-bond acceptors (Lipinski definition) is 4. The van der Waals surface area contributed by atoms with Crippen molar-refractivity contribution in [2.75, 3.05) is 12.4 Å². The number of aryl methyl sites for hydroxylation is 1. The monoisotopic (exact) mass is 376 g/mol. The van der Waals surface area contributed by atoms with Gasteiger partial charge in [-0.1, -0.05) is 17.7 Å². The smallest absolute Gasteiger partial charge is 0.156 e. The average Bonchev–Trinajstić information content (AvgIpc) is 3.25. The molecule has 6 heteroatoms. The Morgan fingerprint density at radius 3 is 2.78 bits per heavy atom. The van der Waals surface area contributed by atoms with Crippen LogP contribution in [0.2, 0.25) is 5.02 Å². The molecule has 5 nitrogen and oxygen atoms in total. The second-order valence-electron chi connectivity index (χ2n) is 6.31. The van der Waals surface area contributed by atoms with Crippen molar-refractivity contribution in [2.24, 2.45) is 0 Å². The quantitative estimate of drug-likeness (QED) is 0.699. The number of aromatic nitrogens is 2. The molecule has 0 saturated heterocycles. The third kappa shape index (κ3) is 3.16. The van der Waals surface area contributed by atoms with E-state index in [2.05, 4.69) is 28.5 Å². The maximum Gasteiger partial charge on any atom is 0.156 e. The maximum atomic E-state index is 9.24. The molecule has 3 aromatic rings. The Hall–Kier alpha value is -3.23. The summed E-state index contributed by atoms with van der Waals surface area (Å²) in [5, 5.41) is 13.1. The van der Waals surface area contributed by atoms with Crippen molar-refractivity contribution in [3.63, 3.8) is 0 Å². The van der Waals surface area contributed by atoms with Crippen LogP contribution in [-0.4, -0.2) is 16.5 Å². The standard InChI is InChI=1S/C21H17ClN4O/c1-13-20(26-12-14(11-23)9-19(22)21(26)24-13)15-3-4-17(10-15)25-16-5-7-18(27-2)8-6-16/h3,5-10,12,25H,4H2,1-2H3. The van der Waals surface area contributed by atoms with Gasteiger partial charge < -0.3 is 10.1 Å². The lowest BCUT2D eigenvalue weighted by atomic mass is 10.1. The van der Waals surface area contributed by atoms with Crippen molar-refractivity contribution in [1.29, 1.82) is 5.26 Å². The summed E-state index contributed by atoms with van der Waals surface area (Å²) in [5.74, 6) is 0.825. The number of nitrogens with one attached hydrogen (secondary N) is 1. The molecule has 27 heavy (non-hydrogen) atoms. The number of hydrogen-bond donors (Lipinski definition) is 1. The summed E-state index contributed by atoms with van der Waals surface area (Å²) in [4.78, 5) is 4.58. The fourth-order valence-electron chi connectivity index (χ4n) is 3.26. The number of rotatable bonds is 4. The van der Waals surface area contributed by atoms with Crippen LogP contribution in [0.3, 0.4) is 0 Å². The minimum absolute atomic E-state index is 0.475. The molecule has 0 saturated carbocycles. The molecule has 0 bridgehead atoms. The van der Waals surface area contributed by atoms with Crippen molar-refractivity contribution in [1.82, 2.24) is 9.38 Å². The molecule has 0 aliphatic heterocycles. The van der Waals surface area contributed by atoms with E-state index in [4.69, 9.17) is 16.3 Å². The Morgan fingerprint density at radius 2 is 2.07 bits per heavy atom. The van der Waals surface area contributed by atoms with Crippen LogP contribution in [0.25, 0.3) is 11.2 Å². The van der Waals surface area contributed by atoms with E-state index in [9.17, 15) is 5.26 Å². The van der Waals surface area contributed by atoms with Gasteiger partial charge in [-0.25, -0.2) is 4.98 Å². The third-order valence-corrected chi connectivity index (χ3v) is 4.80. The predicted molar refractivity (Wildman–Crippen MR) is 107 cm³/mol. The van der Waals surface area contributed by atoms with E-state index >= 15 is 0 Å². The van der Waals surface area contributed by atoms with Crippen LogP contribution in [0, 0.1) is 18.3 Å². The van der Waals surface area contributed by atoms with E-state index in [1.807, 2.05) is 35.6 Å². The van der Waals surface area contributed by atoms with Gasteiger partial charge in [-0.15, -0.1) is 0 Å². The largest absolute Gasteiger partial charge is 0.497 e. The van der Waals surface area contributed by atoms with Gasteiger partial charge in [0.25, 0.3) is 0 Å². The molecule has 1 N–H and O–H groups in total. The molecule has 1 aromatic carbocycles. The first-order chi connectivity index (χ1) is 13.1. The molecule has 0 amide bonds. The summed E-state index contributed by atoms with van der Waals surface area (Å²) in [6.45, 7) is 1.95. The van der Waals surface area contributed by atoms with Crippen LogP contribution in [-0.2, 0) is 0 Å². The zero-order valence-electron chi connectivity index (χ0n) is 15.0. The van der Waals surface area contributed by atoms with Gasteiger partial charge in [0.1, 0.15) is 11.8 Å². The number of imidazole rings is 1. The highest BCUT2D eigenvalue weighted by Crippen LogP contribution is 2.32. The Morgan fingerprint density at radius 1 is 1.30 bits per heavy atom. The molecule has 0 fully saturated rings. The lowest BCUT2D eigenvalue weighted by molar-refractivity contribution is 0.415. The number of fused-ring (bicyclic) bond motifs is 1. The molecular weight excluding hydrogens is 360 g/mol. The Kier molecular flexibility index (Phi) is 4.35. The SMILES string of the molecule is COc1ccc(NC2=CC(c3c(C)nc4c(Cl)cc(C#N)cn34)=CC2)cc1. The summed E-state index contributed by atoms with van der Waals surface area (Å²) in [6, 6.07) is 11.6. The molecule has 1 aliphatic carbocycles. The molecule has 2 aromatic heterocycles. The zero-order chi connectivity index (χ0) is 19.0. The highest BCUT2D eigenvalue weighted by atomic mass is 35.5. The number of benzene rings is 1. The summed E-state index contributed by atoms with van der Waals surface area (Å²) in [7, 11) is 1.65. The molecule has 0 unspecified atom stereocenters. The first-order valence-corrected chi connectivity index (χ1v) is 8.87. The van der Waals surface area contributed by atoms with Crippen LogP contribution in [0.5, 0.6) is 5.75 Å². The van der Waals surface area contributed by atoms with Crippen LogP contribution in [0.4, 0.5) is 5.69 Å². The number of nitriles is 1. The van der Waals surface area contributed by atoms with Gasteiger partial charge in [-0.3, -0.25) is 4.40 Å². The van der Waals surface area contributed by atoms with E-state index in [-0.39, 0.29) is 0 Å². The second kappa shape index (κ2) is 6.82. The fourth-order valence-corrected chi connectivity index (χ4v) is 3.51. The predicted octanol–water partition coefficient (Wildman–Crippen LogP) is 4.96. The van der Waals surface area contributed by atoms with Gasteiger partial charge >= 0.3 is 0 Å². The number of nitrogens with zero attached hydrogens (tertiary/aromatic N) is 3. The zero-order valence-corrected chi connectivity index (χ0v) is 15.7. The van der Waals surface area contributed by atoms with Gasteiger partial charge in [0, 0.05) is 24.0 Å². The summed E-state index contributed by atoms with van der Waals surface area (Å²) in [6.07, 6.45) is 6.82. The highest BCUT2D eigenvalue weighted by molar-refractivity contribution is 6.33. The van der Waals surface area contributed by atoms with Crippen molar-refractivity contribution in [3.8, 4) is 11.8 Å². The number of methoxy groups -OCH3 is 1. The first-order valence-electron chi connectivity index (χ1n) is 8.49. The van der Waals surface area contributed by atoms with Crippen LogP contribution in [0.15, 0.2) is 54.4 Å². The number of pyridine rings is 1. The normalized spacial score (nSPS) is 13.3. The van der Waals surface area contributed by atoms with Gasteiger partial charge in [-0.2, -0.15) is 5.26 Å². The lowest BCUT2D eigenvalue weighted by Crippen LogP contribution is -1.97. The molecule has 134 valence electrons. The topological polar surface area (TPSA) is 62.3 Å². The molecule has 4 rings (SSSR count). The van der Waals surface area contributed by atoms with Crippen LogP contribution in [0.1, 0.15) is 23.4 Å². The van der Waals surface area contributed by atoms with E-state index in [0.717, 1.165) is 40.5 Å². The molecule has 0 spiro atoms. The summed E-state index contributed by atoms with van der Waals surface area (Å²) in [5.41, 5.74) is 6.14. The minimum Gasteiger partial charge on any atom is -0.497 e. The first kappa shape index (κ1) is 17.2. The highest BCUT2D eigenvalue weighted by Gasteiger charge is 2.18. The van der Waals surface area contributed by atoms with E-state index in [0.29, 0.717) is 16.2 Å². The van der Waals surface area contributed by atoms with Gasteiger partial charge in [0.05, 0.1) is 29.1 Å². The Bertz CT molecular complexity index is 1130. The molecule has 0 atom stereocenters. The summed E-state index contributed by atoms with van der Waals surface area (Å²) < 4.78 is 7.09. The molecular formula is C21H17ClN4O. The number of ether oxygens (including phenoxy) is 1. The van der Waals surface area contributed by atoms with Crippen molar-refractivity contribution in [2.45, 2.75) is 13.3 Å². The average molecular weight is 377 g/mol. The van der Waals surface area contributed by atoms with E-state index in [1.54, 1.807) is 19.4 Å². The Labute approximate surface area is 162 Å². The van der Waals surface area contributed by atoms with E-state index in [1.165, 1.54) is 0 Å². The number of allylic oxidation sites excluding steroid dienone is 3. The van der Waals surface area contributed by atoms with Crippen molar-refractivity contribution in [3.05, 3.63) is 76.4 Å². The fraction of sp³-hybridized carbons (Fsp3) is 0.143. The number of halogens is 1. The lowest BCUT2D eigenvalue weighted by Gasteiger charge is -2.08. The van der Waals surface area contributed by atoms with Crippen LogP contribution >= 0.6 is 11.6 Å². The Balaban J connectivity index is 1.67. The van der Waals surface area contributed by atoms with Crippen molar-refractivity contribution < 1.29 is 4.74 Å². The van der Waals surface area contributed by atoms with E-state index < -0.39 is 0 Å². The maximum absolute atomic E-state index is 9.24. The van der Waals surface area contributed by atoms with Crippen molar-refractivity contribution >= 4 is 28.5 Å².